The van der Waals surface area contributed by atoms with Gasteiger partial charge in [0.2, 0.25) is 11.8 Å². The summed E-state index contributed by atoms with van der Waals surface area (Å²) in [5.74, 6) is -0.433. The highest BCUT2D eigenvalue weighted by Crippen LogP contribution is 2.07. The van der Waals surface area contributed by atoms with Crippen molar-refractivity contribution in [3.05, 3.63) is 0 Å². The molecule has 116 valence electrons. The molecule has 0 aliphatic heterocycles. The Balaban J connectivity index is 4.01. The lowest BCUT2D eigenvalue weighted by Gasteiger charge is -2.14. The van der Waals surface area contributed by atoms with Gasteiger partial charge in [0, 0.05) is 11.8 Å². The van der Waals surface area contributed by atoms with Gasteiger partial charge in [0.25, 0.3) is 0 Å². The lowest BCUT2D eigenvalue weighted by atomic mass is 10.0. The molecule has 0 aromatic carbocycles. The molecule has 0 fully saturated rings. The Hall–Kier alpha value is -1.39. The molecule has 5 heteroatoms. The number of rotatable bonds is 10. The van der Waals surface area contributed by atoms with Gasteiger partial charge in [0.1, 0.15) is 0 Å². The van der Waals surface area contributed by atoms with Crippen molar-refractivity contribution in [3.63, 3.8) is 0 Å². The zero-order valence-electron chi connectivity index (χ0n) is 13.1. The number of hydrogen-bond acceptors (Lipinski definition) is 3. The van der Waals surface area contributed by atoms with Crippen LogP contribution in [0.1, 0.15) is 53.4 Å². The zero-order valence-corrected chi connectivity index (χ0v) is 13.1. The molecule has 20 heavy (non-hydrogen) atoms. The summed E-state index contributed by atoms with van der Waals surface area (Å²) in [5, 5.41) is 5.25. The van der Waals surface area contributed by atoms with Crippen molar-refractivity contribution in [1.82, 2.24) is 10.6 Å². The van der Waals surface area contributed by atoms with Crippen LogP contribution < -0.4 is 10.6 Å². The maximum Gasteiger partial charge on any atom is 0.223 e. The molecule has 0 rings (SSSR count). The third-order valence-corrected chi connectivity index (χ3v) is 3.63. The SMILES string of the molecule is CCC(CC)C(=O)NCC(=O)CNC(=O)C(CC)CC. The minimum atomic E-state index is -0.177. The van der Waals surface area contributed by atoms with Gasteiger partial charge in [-0.05, 0) is 25.7 Å². The number of nitrogens with one attached hydrogen (secondary N) is 2. The van der Waals surface area contributed by atoms with E-state index in [0.717, 1.165) is 25.7 Å². The zero-order chi connectivity index (χ0) is 15.5. The Labute approximate surface area is 121 Å². The fourth-order valence-corrected chi connectivity index (χ4v) is 2.04. The van der Waals surface area contributed by atoms with Crippen LogP contribution in [0.5, 0.6) is 0 Å². The van der Waals surface area contributed by atoms with Gasteiger partial charge in [0.15, 0.2) is 5.78 Å². The average Bonchev–Trinajstić information content (AvgIpc) is 2.45. The highest BCUT2D eigenvalue weighted by molar-refractivity contribution is 5.90. The summed E-state index contributed by atoms with van der Waals surface area (Å²) in [6.45, 7) is 7.77. The largest absolute Gasteiger partial charge is 0.349 e. The highest BCUT2D eigenvalue weighted by atomic mass is 16.2. The van der Waals surface area contributed by atoms with E-state index in [1.807, 2.05) is 27.7 Å². The quantitative estimate of drug-likeness (QED) is 0.640. The second-order valence-corrected chi connectivity index (χ2v) is 5.00. The van der Waals surface area contributed by atoms with Gasteiger partial charge in [-0.1, -0.05) is 27.7 Å². The average molecular weight is 284 g/mol. The van der Waals surface area contributed by atoms with Gasteiger partial charge in [-0.15, -0.1) is 0 Å². The van der Waals surface area contributed by atoms with E-state index in [2.05, 4.69) is 10.6 Å². The Bertz CT molecular complexity index is 291. The molecule has 0 radical (unpaired) electrons. The van der Waals surface area contributed by atoms with Crippen molar-refractivity contribution in [2.24, 2.45) is 11.8 Å². The summed E-state index contributed by atoms with van der Waals surface area (Å²) in [6.07, 6.45) is 3.06. The normalized spacial score (nSPS) is 10.7. The first-order chi connectivity index (χ1) is 9.49. The number of Topliss-reactive ketones (excluding diaryl/α,β-unsaturated/α-hetero) is 1. The van der Waals surface area contributed by atoms with Crippen LogP contribution in [0.3, 0.4) is 0 Å². The van der Waals surface area contributed by atoms with Gasteiger partial charge in [-0.25, -0.2) is 0 Å². The standard InChI is InChI=1S/C15H28N2O3/c1-5-11(6-2)14(19)16-9-13(18)10-17-15(20)12(7-3)8-4/h11-12H,5-10H2,1-4H3,(H,16,19)(H,17,20). The molecular formula is C15H28N2O3. The summed E-state index contributed by atoms with van der Waals surface area (Å²) in [6, 6.07) is 0. The molecule has 0 aromatic heterocycles. The van der Waals surface area contributed by atoms with Crippen LogP contribution in [0.15, 0.2) is 0 Å². The molecule has 5 nitrogen and oxygen atoms in total. The van der Waals surface area contributed by atoms with E-state index in [4.69, 9.17) is 0 Å². The summed E-state index contributed by atoms with van der Waals surface area (Å²) in [7, 11) is 0. The van der Waals surface area contributed by atoms with Crippen molar-refractivity contribution in [2.45, 2.75) is 53.4 Å². The number of carbonyl (C=O) groups excluding carboxylic acids is 3. The van der Waals surface area contributed by atoms with Crippen molar-refractivity contribution < 1.29 is 14.4 Å². The second-order valence-electron chi connectivity index (χ2n) is 5.00. The van der Waals surface area contributed by atoms with Crippen molar-refractivity contribution >= 4 is 17.6 Å². The van der Waals surface area contributed by atoms with E-state index in [0.29, 0.717) is 0 Å². The lowest BCUT2D eigenvalue weighted by molar-refractivity contribution is -0.129. The molecular weight excluding hydrogens is 256 g/mol. The highest BCUT2D eigenvalue weighted by Gasteiger charge is 2.17. The predicted molar refractivity (Wildman–Crippen MR) is 79.2 cm³/mol. The number of hydrogen-bond donors (Lipinski definition) is 2. The molecule has 0 saturated carbocycles. The van der Waals surface area contributed by atoms with Gasteiger partial charge in [0.05, 0.1) is 13.1 Å². The predicted octanol–water partition coefficient (Wildman–Crippen LogP) is 1.66. The molecule has 0 heterocycles. The fourth-order valence-electron chi connectivity index (χ4n) is 2.04. The van der Waals surface area contributed by atoms with E-state index in [1.54, 1.807) is 0 Å². The smallest absolute Gasteiger partial charge is 0.223 e. The lowest BCUT2D eigenvalue weighted by Crippen LogP contribution is -2.40. The Morgan fingerprint density at radius 3 is 1.25 bits per heavy atom. The summed E-state index contributed by atoms with van der Waals surface area (Å²) < 4.78 is 0. The summed E-state index contributed by atoms with van der Waals surface area (Å²) in [5.41, 5.74) is 0. The third kappa shape index (κ3) is 6.68. The van der Waals surface area contributed by atoms with Gasteiger partial charge >= 0.3 is 0 Å². The van der Waals surface area contributed by atoms with E-state index >= 15 is 0 Å². The molecule has 0 unspecified atom stereocenters. The number of carbonyl (C=O) groups is 3. The fraction of sp³-hybridized carbons (Fsp3) is 0.800. The van der Waals surface area contributed by atoms with Crippen molar-refractivity contribution in [3.8, 4) is 0 Å². The van der Waals surface area contributed by atoms with E-state index < -0.39 is 0 Å². The molecule has 0 atom stereocenters. The molecule has 0 saturated heterocycles. The van der Waals surface area contributed by atoms with Crippen LogP contribution in [0.4, 0.5) is 0 Å². The Morgan fingerprint density at radius 2 is 1.00 bits per heavy atom. The maximum atomic E-state index is 11.7. The first kappa shape index (κ1) is 18.6. The van der Waals surface area contributed by atoms with Crippen LogP contribution in [0.2, 0.25) is 0 Å². The van der Waals surface area contributed by atoms with Crippen LogP contribution in [-0.4, -0.2) is 30.7 Å². The number of amides is 2. The minimum Gasteiger partial charge on any atom is -0.349 e. The molecule has 0 aliphatic rings. The van der Waals surface area contributed by atoms with Crippen molar-refractivity contribution in [2.75, 3.05) is 13.1 Å². The van der Waals surface area contributed by atoms with Crippen LogP contribution >= 0.6 is 0 Å². The Morgan fingerprint density at radius 1 is 0.700 bits per heavy atom. The van der Waals surface area contributed by atoms with E-state index in [1.165, 1.54) is 0 Å². The topological polar surface area (TPSA) is 75.3 Å². The molecule has 0 spiro atoms. The first-order valence-corrected chi connectivity index (χ1v) is 7.57. The molecule has 0 bridgehead atoms. The molecule has 0 aromatic rings. The maximum absolute atomic E-state index is 11.7. The number of ketones is 1. The van der Waals surface area contributed by atoms with Gasteiger partial charge < -0.3 is 10.6 Å². The van der Waals surface area contributed by atoms with Gasteiger partial charge in [-0.2, -0.15) is 0 Å². The monoisotopic (exact) mass is 284 g/mol. The second kappa shape index (κ2) is 10.4. The summed E-state index contributed by atoms with van der Waals surface area (Å²) in [4.78, 5) is 35.0. The Kier molecular flexibility index (Phi) is 9.68. The molecule has 2 N–H and O–H groups in total. The van der Waals surface area contributed by atoms with Crippen LogP contribution in [0, 0.1) is 11.8 Å². The van der Waals surface area contributed by atoms with Gasteiger partial charge in [-0.3, -0.25) is 14.4 Å². The molecule has 0 aliphatic carbocycles. The first-order valence-electron chi connectivity index (χ1n) is 7.57. The third-order valence-electron chi connectivity index (χ3n) is 3.63. The van der Waals surface area contributed by atoms with Crippen molar-refractivity contribution in [1.29, 1.82) is 0 Å². The van der Waals surface area contributed by atoms with Crippen LogP contribution in [-0.2, 0) is 14.4 Å². The molecule has 2 amide bonds. The summed E-state index contributed by atoms with van der Waals surface area (Å²) >= 11 is 0. The minimum absolute atomic E-state index is 0.0153. The van der Waals surface area contributed by atoms with Crippen LogP contribution in [0.25, 0.3) is 0 Å². The van der Waals surface area contributed by atoms with E-state index in [9.17, 15) is 14.4 Å². The van der Waals surface area contributed by atoms with E-state index in [-0.39, 0.29) is 42.5 Å².